The second kappa shape index (κ2) is 9.26. The van der Waals surface area contributed by atoms with Crippen LogP contribution in [0.15, 0.2) is 48.5 Å². The average Bonchev–Trinajstić information content (AvgIpc) is 3.03. The first-order valence-corrected chi connectivity index (χ1v) is 10.1. The summed E-state index contributed by atoms with van der Waals surface area (Å²) in [6.45, 7) is 3.13. The molecule has 2 aromatic carbocycles. The van der Waals surface area contributed by atoms with Gasteiger partial charge in [0.1, 0.15) is 29.8 Å². The number of nitrogens with one attached hydrogen (secondary N) is 1. The van der Waals surface area contributed by atoms with Gasteiger partial charge in [-0.25, -0.2) is 9.18 Å². The van der Waals surface area contributed by atoms with E-state index in [-0.39, 0.29) is 25.4 Å². The standard InChI is InChI=1S/C23H25FN2O5/c1-3-20(28)15-5-11-19(12-6-15)31-14-18(27)13-26-21(29)23(4-2,25-22(26)30)16-7-9-17(24)10-8-16/h5-12,18,27H,3-4,13-14H2,1-2H3,(H,25,30). The van der Waals surface area contributed by atoms with Crippen LogP contribution in [-0.2, 0) is 10.3 Å². The third kappa shape index (κ3) is 4.59. The first-order chi connectivity index (χ1) is 14.8. The van der Waals surface area contributed by atoms with Gasteiger partial charge in [-0.1, -0.05) is 26.0 Å². The highest BCUT2D eigenvalue weighted by Crippen LogP contribution is 2.32. The molecule has 0 saturated carbocycles. The summed E-state index contributed by atoms with van der Waals surface area (Å²) in [6, 6.07) is 11.3. The largest absolute Gasteiger partial charge is 0.491 e. The lowest BCUT2D eigenvalue weighted by atomic mass is 9.87. The van der Waals surface area contributed by atoms with E-state index in [2.05, 4.69) is 5.32 Å². The molecule has 1 aliphatic rings. The fourth-order valence-electron chi connectivity index (χ4n) is 3.56. The number of β-amino-alcohol motifs (C(OH)–C–C–N with tert-alkyl or cyclic N) is 1. The van der Waals surface area contributed by atoms with Gasteiger partial charge in [-0.15, -0.1) is 0 Å². The smallest absolute Gasteiger partial charge is 0.325 e. The van der Waals surface area contributed by atoms with Gasteiger partial charge >= 0.3 is 6.03 Å². The molecule has 8 heteroatoms. The van der Waals surface area contributed by atoms with Crippen LogP contribution >= 0.6 is 0 Å². The summed E-state index contributed by atoms with van der Waals surface area (Å²) in [5, 5.41) is 13.0. The van der Waals surface area contributed by atoms with Crippen molar-refractivity contribution in [1.29, 1.82) is 0 Å². The van der Waals surface area contributed by atoms with E-state index < -0.39 is 29.4 Å². The molecule has 2 unspecified atom stereocenters. The maximum atomic E-state index is 13.3. The van der Waals surface area contributed by atoms with Crippen LogP contribution in [0.5, 0.6) is 5.75 Å². The minimum absolute atomic E-state index is 0.0192. The lowest BCUT2D eigenvalue weighted by molar-refractivity contribution is -0.132. The number of hydrogen-bond donors (Lipinski definition) is 2. The normalized spacial score (nSPS) is 19.3. The van der Waals surface area contributed by atoms with Gasteiger partial charge in [-0.3, -0.25) is 14.5 Å². The summed E-state index contributed by atoms with van der Waals surface area (Å²) >= 11 is 0. The van der Waals surface area contributed by atoms with Crippen LogP contribution in [0.4, 0.5) is 9.18 Å². The average molecular weight is 428 g/mol. The number of nitrogens with zero attached hydrogens (tertiary/aromatic N) is 1. The highest BCUT2D eigenvalue weighted by atomic mass is 19.1. The van der Waals surface area contributed by atoms with E-state index in [0.717, 1.165) is 4.90 Å². The van der Waals surface area contributed by atoms with Crippen molar-refractivity contribution < 1.29 is 28.6 Å². The molecule has 2 atom stereocenters. The Balaban J connectivity index is 1.64. The van der Waals surface area contributed by atoms with Crippen LogP contribution in [0.25, 0.3) is 0 Å². The molecule has 3 rings (SSSR count). The van der Waals surface area contributed by atoms with Gasteiger partial charge in [0.2, 0.25) is 0 Å². The number of aliphatic hydroxyl groups is 1. The van der Waals surface area contributed by atoms with Crippen LogP contribution in [-0.4, -0.2) is 47.0 Å². The SMILES string of the molecule is CCC(=O)c1ccc(OCC(O)CN2C(=O)NC(CC)(c3ccc(F)cc3)C2=O)cc1. The summed E-state index contributed by atoms with van der Waals surface area (Å²) < 4.78 is 18.8. The van der Waals surface area contributed by atoms with Gasteiger partial charge in [-0.2, -0.15) is 0 Å². The number of rotatable bonds is 9. The maximum Gasteiger partial charge on any atom is 0.325 e. The molecule has 0 spiro atoms. The highest BCUT2D eigenvalue weighted by molar-refractivity contribution is 6.07. The van der Waals surface area contributed by atoms with E-state index in [1.54, 1.807) is 38.1 Å². The van der Waals surface area contributed by atoms with E-state index in [9.17, 15) is 23.9 Å². The molecule has 0 radical (unpaired) electrons. The number of aliphatic hydroxyl groups excluding tert-OH is 1. The topological polar surface area (TPSA) is 95.9 Å². The van der Waals surface area contributed by atoms with E-state index >= 15 is 0 Å². The fourth-order valence-corrected chi connectivity index (χ4v) is 3.56. The molecule has 31 heavy (non-hydrogen) atoms. The Hall–Kier alpha value is -3.26. The van der Waals surface area contributed by atoms with Gasteiger partial charge in [0, 0.05) is 12.0 Å². The molecule has 0 aliphatic carbocycles. The van der Waals surface area contributed by atoms with Crippen LogP contribution in [0.2, 0.25) is 0 Å². The quantitative estimate of drug-likeness (QED) is 0.473. The number of Topliss-reactive ketones (excluding diaryl/α,β-unsaturated/α-hetero) is 1. The number of ether oxygens (including phenoxy) is 1. The first-order valence-electron chi connectivity index (χ1n) is 10.1. The number of benzene rings is 2. The number of carbonyl (C=O) groups excluding carboxylic acids is 3. The summed E-state index contributed by atoms with van der Waals surface area (Å²) in [7, 11) is 0. The van der Waals surface area contributed by atoms with Crippen molar-refractivity contribution in [2.45, 2.75) is 38.3 Å². The molecule has 2 N–H and O–H groups in total. The lowest BCUT2D eigenvalue weighted by Gasteiger charge is -2.26. The minimum Gasteiger partial charge on any atom is -0.491 e. The Morgan fingerprint density at radius 3 is 2.35 bits per heavy atom. The number of imide groups is 1. The molecular formula is C23H25FN2O5. The van der Waals surface area contributed by atoms with Crippen molar-refractivity contribution in [3.05, 3.63) is 65.5 Å². The minimum atomic E-state index is -1.30. The van der Waals surface area contributed by atoms with E-state index in [1.807, 2.05) is 0 Å². The molecule has 1 fully saturated rings. The van der Waals surface area contributed by atoms with Crippen LogP contribution < -0.4 is 10.1 Å². The van der Waals surface area contributed by atoms with Gasteiger partial charge in [-0.05, 0) is 48.4 Å². The van der Waals surface area contributed by atoms with Crippen molar-refractivity contribution in [3.63, 3.8) is 0 Å². The molecular weight excluding hydrogens is 403 g/mol. The second-order valence-corrected chi connectivity index (χ2v) is 7.38. The Morgan fingerprint density at radius 1 is 1.13 bits per heavy atom. The van der Waals surface area contributed by atoms with Crippen LogP contribution in [0, 0.1) is 5.82 Å². The molecule has 0 bridgehead atoms. The molecule has 1 aliphatic heterocycles. The highest BCUT2D eigenvalue weighted by Gasteiger charge is 2.51. The van der Waals surface area contributed by atoms with Crippen LogP contribution in [0.3, 0.4) is 0 Å². The molecule has 1 saturated heterocycles. The van der Waals surface area contributed by atoms with Gasteiger partial charge in [0.15, 0.2) is 5.78 Å². The zero-order valence-electron chi connectivity index (χ0n) is 17.4. The van der Waals surface area contributed by atoms with E-state index in [4.69, 9.17) is 4.74 Å². The maximum absolute atomic E-state index is 13.3. The monoisotopic (exact) mass is 428 g/mol. The van der Waals surface area contributed by atoms with Crippen molar-refractivity contribution in [1.82, 2.24) is 10.2 Å². The number of hydrogen-bond acceptors (Lipinski definition) is 5. The third-order valence-corrected chi connectivity index (χ3v) is 5.38. The van der Waals surface area contributed by atoms with Crippen molar-refractivity contribution in [2.75, 3.05) is 13.2 Å². The summed E-state index contributed by atoms with van der Waals surface area (Å²) in [5.74, 6) is -0.472. The second-order valence-electron chi connectivity index (χ2n) is 7.38. The predicted molar refractivity (Wildman–Crippen MR) is 111 cm³/mol. The molecule has 164 valence electrons. The van der Waals surface area contributed by atoms with Crippen LogP contribution in [0.1, 0.15) is 42.6 Å². The Labute approximate surface area is 179 Å². The van der Waals surface area contributed by atoms with Crippen molar-refractivity contribution >= 4 is 17.7 Å². The number of halogens is 1. The summed E-state index contributed by atoms with van der Waals surface area (Å²) in [6.07, 6.45) is -0.440. The number of amides is 3. The van der Waals surface area contributed by atoms with Gasteiger partial charge < -0.3 is 15.2 Å². The van der Waals surface area contributed by atoms with Crippen molar-refractivity contribution in [2.24, 2.45) is 0 Å². The van der Waals surface area contributed by atoms with E-state index in [0.29, 0.717) is 23.3 Å². The fraction of sp³-hybridized carbons (Fsp3) is 0.348. The Bertz CT molecular complexity index is 961. The third-order valence-electron chi connectivity index (χ3n) is 5.38. The number of ketones is 1. The Kier molecular flexibility index (Phi) is 6.70. The summed E-state index contributed by atoms with van der Waals surface area (Å²) in [4.78, 5) is 38.1. The zero-order valence-corrected chi connectivity index (χ0v) is 17.4. The number of carbonyl (C=O) groups is 3. The molecule has 0 aromatic heterocycles. The molecule has 2 aromatic rings. The molecule has 3 amide bonds. The van der Waals surface area contributed by atoms with E-state index in [1.165, 1.54) is 24.3 Å². The predicted octanol–water partition coefficient (Wildman–Crippen LogP) is 3.02. The lowest BCUT2D eigenvalue weighted by Crippen LogP contribution is -2.44. The van der Waals surface area contributed by atoms with Gasteiger partial charge in [0.25, 0.3) is 5.91 Å². The number of urea groups is 1. The first kappa shape index (κ1) is 22.4. The zero-order chi connectivity index (χ0) is 22.6. The van der Waals surface area contributed by atoms with Gasteiger partial charge in [0.05, 0.1) is 6.54 Å². The van der Waals surface area contributed by atoms with Crippen molar-refractivity contribution in [3.8, 4) is 5.75 Å². The summed E-state index contributed by atoms with van der Waals surface area (Å²) in [5.41, 5.74) is -0.247. The molecule has 7 nitrogen and oxygen atoms in total. The Morgan fingerprint density at radius 2 is 1.77 bits per heavy atom. The molecule has 1 heterocycles.